The van der Waals surface area contributed by atoms with E-state index in [2.05, 4.69) is 9.97 Å². The fourth-order valence-electron chi connectivity index (χ4n) is 1.42. The summed E-state index contributed by atoms with van der Waals surface area (Å²) in [6, 6.07) is 1.76. The summed E-state index contributed by atoms with van der Waals surface area (Å²) in [5, 5.41) is 9.58. The molecule has 0 aromatic carbocycles. The lowest BCUT2D eigenvalue weighted by Gasteiger charge is -2.05. The largest absolute Gasteiger partial charge is 0.422 e. The second-order valence-electron chi connectivity index (χ2n) is 4.05. The van der Waals surface area contributed by atoms with Crippen LogP contribution in [0.15, 0.2) is 16.7 Å². The predicted molar refractivity (Wildman–Crippen MR) is 59.9 cm³/mol. The maximum Gasteiger partial charge on any atom is 0.246 e. The van der Waals surface area contributed by atoms with Crippen LogP contribution in [0.5, 0.6) is 0 Å². The van der Waals surface area contributed by atoms with Crippen LogP contribution in [0, 0.1) is 0 Å². The Bertz CT molecular complexity index is 493. The Hall–Kier alpha value is -1.46. The normalized spacial score (nSPS) is 13.6. The molecule has 0 bridgehead atoms. The highest BCUT2D eigenvalue weighted by Gasteiger charge is 2.13. The van der Waals surface area contributed by atoms with Crippen molar-refractivity contribution in [3.63, 3.8) is 0 Å². The van der Waals surface area contributed by atoms with Crippen LogP contribution in [-0.2, 0) is 0 Å². The Morgan fingerprint density at radius 1 is 1.50 bits per heavy atom. The van der Waals surface area contributed by atoms with E-state index < -0.39 is 6.10 Å². The predicted octanol–water partition coefficient (Wildman–Crippen LogP) is 1.34. The van der Waals surface area contributed by atoms with Gasteiger partial charge in [-0.1, -0.05) is 13.8 Å². The van der Waals surface area contributed by atoms with Crippen molar-refractivity contribution in [1.82, 2.24) is 9.97 Å². The molecule has 0 aliphatic heterocycles. The summed E-state index contributed by atoms with van der Waals surface area (Å²) >= 11 is 0. The maximum atomic E-state index is 9.58. The van der Waals surface area contributed by atoms with E-state index in [4.69, 9.17) is 10.2 Å². The summed E-state index contributed by atoms with van der Waals surface area (Å²) in [4.78, 5) is 8.42. The molecule has 0 aliphatic carbocycles. The van der Waals surface area contributed by atoms with Crippen molar-refractivity contribution < 1.29 is 9.52 Å². The maximum absolute atomic E-state index is 9.58. The minimum absolute atomic E-state index is 0.169. The van der Waals surface area contributed by atoms with Gasteiger partial charge in [0.2, 0.25) is 5.71 Å². The number of aromatic nitrogens is 2. The Morgan fingerprint density at radius 2 is 2.25 bits per heavy atom. The first-order valence-electron chi connectivity index (χ1n) is 5.26. The third-order valence-corrected chi connectivity index (χ3v) is 2.39. The summed E-state index contributed by atoms with van der Waals surface area (Å²) in [5.41, 5.74) is 7.20. The Kier molecular flexibility index (Phi) is 2.89. The van der Waals surface area contributed by atoms with Crippen LogP contribution >= 0.6 is 0 Å². The number of pyridine rings is 1. The second kappa shape index (κ2) is 4.19. The topological polar surface area (TPSA) is 85.2 Å². The van der Waals surface area contributed by atoms with Gasteiger partial charge in [0.15, 0.2) is 5.89 Å². The van der Waals surface area contributed by atoms with E-state index in [9.17, 15) is 5.11 Å². The van der Waals surface area contributed by atoms with Crippen LogP contribution in [0.1, 0.15) is 37.3 Å². The van der Waals surface area contributed by atoms with Gasteiger partial charge in [-0.05, 0) is 6.07 Å². The van der Waals surface area contributed by atoms with Crippen molar-refractivity contribution in [2.45, 2.75) is 25.9 Å². The molecule has 0 aliphatic rings. The van der Waals surface area contributed by atoms with Crippen LogP contribution in [0.4, 0.5) is 0 Å². The van der Waals surface area contributed by atoms with Crippen molar-refractivity contribution in [3.8, 4) is 0 Å². The van der Waals surface area contributed by atoms with Crippen molar-refractivity contribution in [1.29, 1.82) is 0 Å². The number of nitrogens with zero attached hydrogens (tertiary/aromatic N) is 2. The zero-order valence-corrected chi connectivity index (χ0v) is 9.34. The number of nitrogens with two attached hydrogens (primary N) is 1. The highest BCUT2D eigenvalue weighted by molar-refractivity contribution is 5.68. The lowest BCUT2D eigenvalue weighted by Crippen LogP contribution is -2.11. The van der Waals surface area contributed by atoms with Crippen LogP contribution in [0.25, 0.3) is 11.2 Å². The van der Waals surface area contributed by atoms with Crippen LogP contribution < -0.4 is 5.73 Å². The van der Waals surface area contributed by atoms with Crippen molar-refractivity contribution in [3.05, 3.63) is 23.7 Å². The van der Waals surface area contributed by atoms with E-state index >= 15 is 0 Å². The summed E-state index contributed by atoms with van der Waals surface area (Å²) in [7, 11) is 0. The van der Waals surface area contributed by atoms with Gasteiger partial charge in [0.25, 0.3) is 0 Å². The van der Waals surface area contributed by atoms with E-state index in [-0.39, 0.29) is 12.5 Å². The average molecular weight is 221 g/mol. The van der Waals surface area contributed by atoms with E-state index in [0.29, 0.717) is 22.7 Å². The minimum atomic E-state index is -0.698. The van der Waals surface area contributed by atoms with Crippen LogP contribution in [0.2, 0.25) is 0 Å². The molecule has 0 radical (unpaired) electrons. The molecule has 2 heterocycles. The summed E-state index contributed by atoms with van der Waals surface area (Å²) < 4.78 is 5.46. The average Bonchev–Trinajstić information content (AvgIpc) is 2.70. The van der Waals surface area contributed by atoms with E-state index in [1.807, 2.05) is 13.8 Å². The zero-order chi connectivity index (χ0) is 11.7. The third-order valence-electron chi connectivity index (χ3n) is 2.39. The van der Waals surface area contributed by atoms with E-state index in [0.717, 1.165) is 0 Å². The first-order valence-corrected chi connectivity index (χ1v) is 5.26. The fourth-order valence-corrected chi connectivity index (χ4v) is 1.42. The van der Waals surface area contributed by atoms with Gasteiger partial charge in [0, 0.05) is 24.2 Å². The molecule has 0 amide bonds. The number of fused-ring (bicyclic) bond motifs is 1. The number of hydrogen-bond acceptors (Lipinski definition) is 5. The molecule has 2 aromatic rings. The van der Waals surface area contributed by atoms with Crippen LogP contribution in [0.3, 0.4) is 0 Å². The number of aliphatic hydroxyl groups excluding tert-OH is 1. The summed E-state index contributed by atoms with van der Waals surface area (Å²) in [6.45, 7) is 4.17. The monoisotopic (exact) mass is 221 g/mol. The lowest BCUT2D eigenvalue weighted by molar-refractivity contribution is 0.186. The first-order chi connectivity index (χ1) is 7.61. The standard InChI is InChI=1S/C11H15N3O2/c1-6(2)10-14-8-3-7(9(15)4-12)5-13-11(8)16-10/h3,5-6,9,15H,4,12H2,1-2H3. The summed E-state index contributed by atoms with van der Waals surface area (Å²) in [6.07, 6.45) is 0.867. The quantitative estimate of drug-likeness (QED) is 0.816. The van der Waals surface area contributed by atoms with Gasteiger partial charge >= 0.3 is 0 Å². The van der Waals surface area contributed by atoms with Gasteiger partial charge < -0.3 is 15.3 Å². The smallest absolute Gasteiger partial charge is 0.246 e. The van der Waals surface area contributed by atoms with Gasteiger partial charge in [-0.2, -0.15) is 0 Å². The zero-order valence-electron chi connectivity index (χ0n) is 9.34. The molecule has 86 valence electrons. The molecule has 0 spiro atoms. The molecule has 16 heavy (non-hydrogen) atoms. The first kappa shape index (κ1) is 11.0. The van der Waals surface area contributed by atoms with Crippen LogP contribution in [-0.4, -0.2) is 21.6 Å². The SMILES string of the molecule is CC(C)c1nc2cc(C(O)CN)cnc2o1. The Labute approximate surface area is 93.3 Å². The molecule has 5 heteroatoms. The molecular weight excluding hydrogens is 206 g/mol. The number of hydrogen-bond donors (Lipinski definition) is 2. The second-order valence-corrected chi connectivity index (χ2v) is 4.05. The minimum Gasteiger partial charge on any atom is -0.422 e. The van der Waals surface area contributed by atoms with Crippen molar-refractivity contribution in [2.75, 3.05) is 6.54 Å². The Morgan fingerprint density at radius 3 is 2.88 bits per heavy atom. The molecule has 2 aromatic heterocycles. The highest BCUT2D eigenvalue weighted by Crippen LogP contribution is 2.21. The molecule has 2 rings (SSSR count). The molecular formula is C11H15N3O2. The van der Waals surface area contributed by atoms with Gasteiger partial charge in [-0.3, -0.25) is 0 Å². The molecule has 1 unspecified atom stereocenters. The van der Waals surface area contributed by atoms with E-state index in [1.165, 1.54) is 0 Å². The molecule has 0 saturated carbocycles. The fraction of sp³-hybridized carbons (Fsp3) is 0.455. The lowest BCUT2D eigenvalue weighted by atomic mass is 10.1. The van der Waals surface area contributed by atoms with Gasteiger partial charge in [0.1, 0.15) is 5.52 Å². The Balaban J connectivity index is 2.45. The van der Waals surface area contributed by atoms with Crippen molar-refractivity contribution in [2.24, 2.45) is 5.73 Å². The molecule has 1 atom stereocenters. The van der Waals surface area contributed by atoms with E-state index in [1.54, 1.807) is 12.3 Å². The molecule has 5 nitrogen and oxygen atoms in total. The number of aliphatic hydroxyl groups is 1. The number of rotatable bonds is 3. The van der Waals surface area contributed by atoms with Gasteiger partial charge in [-0.25, -0.2) is 9.97 Å². The molecule has 0 saturated heterocycles. The number of oxazole rings is 1. The molecule has 0 fully saturated rings. The third kappa shape index (κ3) is 1.91. The van der Waals surface area contributed by atoms with Gasteiger partial charge in [-0.15, -0.1) is 0 Å². The summed E-state index contributed by atoms with van der Waals surface area (Å²) in [5.74, 6) is 0.874. The highest BCUT2D eigenvalue weighted by atomic mass is 16.4. The molecule has 3 N–H and O–H groups in total. The van der Waals surface area contributed by atoms with Gasteiger partial charge in [0.05, 0.1) is 6.10 Å². The van der Waals surface area contributed by atoms with Crippen molar-refractivity contribution >= 4 is 11.2 Å².